The van der Waals surface area contributed by atoms with Gasteiger partial charge in [-0.2, -0.15) is 5.10 Å². The summed E-state index contributed by atoms with van der Waals surface area (Å²) < 4.78 is 30.6. The van der Waals surface area contributed by atoms with Crippen LogP contribution < -0.4 is 15.6 Å². The van der Waals surface area contributed by atoms with Crippen LogP contribution in [0.5, 0.6) is 0 Å². The molecule has 0 spiro atoms. The van der Waals surface area contributed by atoms with Gasteiger partial charge in [0.2, 0.25) is 11.9 Å². The SMILES string of the molecule is O=C(CC1CSc2nc3c(cnn3-c3ccc(Cl)cc3)c(=O)n21)Nc1ccc(S(=O)(=O)Nc2ncccn2)cc1. The van der Waals surface area contributed by atoms with Crippen molar-refractivity contribution in [2.24, 2.45) is 0 Å². The number of hydrogen-bond donors (Lipinski definition) is 2. The van der Waals surface area contributed by atoms with Gasteiger partial charge in [-0.15, -0.1) is 0 Å². The molecule has 2 N–H and O–H groups in total. The first kappa shape index (κ1) is 26.0. The summed E-state index contributed by atoms with van der Waals surface area (Å²) in [6, 6.07) is 13.9. The standard InChI is InChI=1S/C25H19ClN8O4S2/c26-15-2-6-17(7-3-15)34-22-20(13-29-34)23(36)33-18(14-39-25(33)31-22)12-21(35)30-16-4-8-19(9-5-16)40(37,38)32-24-27-10-1-11-28-24/h1-11,13,18H,12,14H2,(H,30,35)(H,27,28,32). The number of amides is 1. The number of benzene rings is 2. The fourth-order valence-electron chi connectivity index (χ4n) is 4.23. The number of nitrogens with one attached hydrogen (secondary N) is 2. The van der Waals surface area contributed by atoms with E-state index < -0.39 is 16.1 Å². The van der Waals surface area contributed by atoms with Gasteiger partial charge >= 0.3 is 0 Å². The molecule has 0 radical (unpaired) electrons. The van der Waals surface area contributed by atoms with Crippen LogP contribution in [0.4, 0.5) is 11.6 Å². The Balaban J connectivity index is 1.16. The van der Waals surface area contributed by atoms with Crippen LogP contribution in [0.3, 0.4) is 0 Å². The zero-order chi connectivity index (χ0) is 27.9. The molecule has 1 aliphatic rings. The molecular formula is C25H19ClN8O4S2. The Morgan fingerprint density at radius 1 is 1.07 bits per heavy atom. The van der Waals surface area contributed by atoms with E-state index in [1.54, 1.807) is 35.0 Å². The first-order chi connectivity index (χ1) is 19.3. The van der Waals surface area contributed by atoms with E-state index in [0.717, 1.165) is 5.69 Å². The lowest BCUT2D eigenvalue weighted by Gasteiger charge is -2.14. The first-order valence-corrected chi connectivity index (χ1v) is 14.7. The second-order valence-corrected chi connectivity index (χ2v) is 11.9. The Labute approximate surface area is 236 Å². The maximum absolute atomic E-state index is 13.4. The number of anilines is 2. The summed E-state index contributed by atoms with van der Waals surface area (Å²) in [4.78, 5) is 38.6. The monoisotopic (exact) mass is 594 g/mol. The molecule has 6 rings (SSSR count). The third kappa shape index (κ3) is 5.03. The Kier molecular flexibility index (Phi) is 6.73. The van der Waals surface area contributed by atoms with Gasteiger partial charge in [0.15, 0.2) is 10.8 Å². The number of aromatic nitrogens is 6. The summed E-state index contributed by atoms with van der Waals surface area (Å²) in [5.74, 6) is 0.128. The molecule has 15 heteroatoms. The number of thioether (sulfide) groups is 1. The molecule has 4 heterocycles. The summed E-state index contributed by atoms with van der Waals surface area (Å²) in [6.07, 6.45) is 4.35. The number of carbonyl (C=O) groups is 1. The van der Waals surface area contributed by atoms with Crippen LogP contribution in [0.15, 0.2) is 88.0 Å². The smallest absolute Gasteiger partial charge is 0.265 e. The minimum absolute atomic E-state index is 0.0140. The highest BCUT2D eigenvalue weighted by Gasteiger charge is 2.29. The van der Waals surface area contributed by atoms with E-state index in [-0.39, 0.29) is 28.7 Å². The maximum atomic E-state index is 13.4. The van der Waals surface area contributed by atoms with E-state index in [1.165, 1.54) is 59.2 Å². The zero-order valence-corrected chi connectivity index (χ0v) is 22.8. The zero-order valence-electron chi connectivity index (χ0n) is 20.4. The fraction of sp³-hybridized carbons (Fsp3) is 0.120. The van der Waals surface area contributed by atoms with Gasteiger partial charge in [-0.3, -0.25) is 14.2 Å². The van der Waals surface area contributed by atoms with Crippen LogP contribution in [0.25, 0.3) is 16.7 Å². The van der Waals surface area contributed by atoms with E-state index in [2.05, 4.69) is 30.1 Å². The number of fused-ring (bicyclic) bond motifs is 2. The molecule has 3 aromatic heterocycles. The minimum Gasteiger partial charge on any atom is -0.326 e. The largest absolute Gasteiger partial charge is 0.326 e. The highest BCUT2D eigenvalue weighted by atomic mass is 35.5. The molecular weight excluding hydrogens is 576 g/mol. The number of sulfonamides is 1. The summed E-state index contributed by atoms with van der Waals surface area (Å²) >= 11 is 7.38. The van der Waals surface area contributed by atoms with E-state index >= 15 is 0 Å². The molecule has 1 aliphatic heterocycles. The normalized spacial score (nSPS) is 14.7. The van der Waals surface area contributed by atoms with Gasteiger partial charge in [0.05, 0.1) is 22.8 Å². The third-order valence-electron chi connectivity index (χ3n) is 6.10. The van der Waals surface area contributed by atoms with Crippen LogP contribution in [0, 0.1) is 0 Å². The lowest BCUT2D eigenvalue weighted by Crippen LogP contribution is -2.27. The van der Waals surface area contributed by atoms with Crippen molar-refractivity contribution < 1.29 is 13.2 Å². The van der Waals surface area contributed by atoms with Crippen LogP contribution in [0.2, 0.25) is 5.02 Å². The second-order valence-electron chi connectivity index (χ2n) is 8.76. The quantitative estimate of drug-likeness (QED) is 0.269. The molecule has 12 nitrogen and oxygen atoms in total. The van der Waals surface area contributed by atoms with Gasteiger partial charge in [0, 0.05) is 35.3 Å². The number of rotatable bonds is 7. The molecule has 2 aromatic carbocycles. The van der Waals surface area contributed by atoms with E-state index in [1.807, 2.05) is 0 Å². The topological polar surface area (TPSA) is 154 Å². The Morgan fingerprint density at radius 3 is 2.52 bits per heavy atom. The average molecular weight is 595 g/mol. The fourth-order valence-corrected chi connectivity index (χ4v) is 6.44. The van der Waals surface area contributed by atoms with Crippen molar-refractivity contribution in [3.05, 3.63) is 88.6 Å². The highest BCUT2D eigenvalue weighted by molar-refractivity contribution is 7.99. The van der Waals surface area contributed by atoms with Gasteiger partial charge in [-0.1, -0.05) is 23.4 Å². The predicted molar refractivity (Wildman–Crippen MR) is 150 cm³/mol. The molecule has 0 aliphatic carbocycles. The van der Waals surface area contributed by atoms with E-state index in [0.29, 0.717) is 32.7 Å². The minimum atomic E-state index is -3.90. The van der Waals surface area contributed by atoms with Gasteiger partial charge in [-0.05, 0) is 54.6 Å². The number of carbonyl (C=O) groups excluding carboxylic acids is 1. The highest BCUT2D eigenvalue weighted by Crippen LogP contribution is 2.33. The first-order valence-electron chi connectivity index (χ1n) is 11.9. The molecule has 0 bridgehead atoms. The van der Waals surface area contributed by atoms with Crippen molar-refractivity contribution in [3.63, 3.8) is 0 Å². The van der Waals surface area contributed by atoms with Crippen LogP contribution >= 0.6 is 23.4 Å². The lowest BCUT2D eigenvalue weighted by atomic mass is 10.2. The van der Waals surface area contributed by atoms with Crippen molar-refractivity contribution in [3.8, 4) is 5.69 Å². The predicted octanol–water partition coefficient (Wildman–Crippen LogP) is 3.50. The van der Waals surface area contributed by atoms with Gasteiger partial charge in [-0.25, -0.2) is 32.8 Å². The summed E-state index contributed by atoms with van der Waals surface area (Å²) in [6.45, 7) is 0. The Morgan fingerprint density at radius 2 is 1.80 bits per heavy atom. The van der Waals surface area contributed by atoms with Crippen LogP contribution in [-0.2, 0) is 14.8 Å². The molecule has 202 valence electrons. The average Bonchev–Trinajstić information content (AvgIpc) is 3.55. The summed E-state index contributed by atoms with van der Waals surface area (Å²) in [7, 11) is -3.90. The summed E-state index contributed by atoms with van der Waals surface area (Å²) in [5, 5.41) is 8.54. The molecule has 5 aromatic rings. The molecule has 40 heavy (non-hydrogen) atoms. The van der Waals surface area contributed by atoms with Crippen molar-refractivity contribution in [1.82, 2.24) is 29.3 Å². The van der Waals surface area contributed by atoms with Crippen molar-refractivity contribution in [2.75, 3.05) is 15.8 Å². The summed E-state index contributed by atoms with van der Waals surface area (Å²) in [5.41, 5.74) is 1.29. The van der Waals surface area contributed by atoms with Gasteiger partial charge in [0.1, 0.15) is 5.39 Å². The molecule has 0 saturated carbocycles. The maximum Gasteiger partial charge on any atom is 0.265 e. The van der Waals surface area contributed by atoms with E-state index in [9.17, 15) is 18.0 Å². The number of nitrogens with zero attached hydrogens (tertiary/aromatic N) is 6. The molecule has 1 atom stereocenters. The Hall–Kier alpha value is -4.27. The van der Waals surface area contributed by atoms with Crippen molar-refractivity contribution >= 4 is 62.0 Å². The van der Waals surface area contributed by atoms with Gasteiger partial charge < -0.3 is 5.32 Å². The second kappa shape index (κ2) is 10.4. The van der Waals surface area contributed by atoms with Crippen molar-refractivity contribution in [2.45, 2.75) is 22.5 Å². The molecule has 0 saturated heterocycles. The molecule has 1 unspecified atom stereocenters. The van der Waals surface area contributed by atoms with Crippen LogP contribution in [-0.4, -0.2) is 49.4 Å². The third-order valence-corrected chi connectivity index (χ3v) is 8.80. The molecule has 1 amide bonds. The molecule has 0 fully saturated rings. The van der Waals surface area contributed by atoms with Gasteiger partial charge in [0.25, 0.3) is 15.6 Å². The van der Waals surface area contributed by atoms with E-state index in [4.69, 9.17) is 11.6 Å². The number of halogens is 1. The van der Waals surface area contributed by atoms with Crippen LogP contribution in [0.1, 0.15) is 12.5 Å². The number of hydrogen-bond acceptors (Lipinski definition) is 9. The Bertz CT molecular complexity index is 1890. The lowest BCUT2D eigenvalue weighted by molar-refractivity contribution is -0.116. The van der Waals surface area contributed by atoms with Crippen molar-refractivity contribution in [1.29, 1.82) is 0 Å².